The smallest absolute Gasteiger partial charge is 0.271 e. The minimum atomic E-state index is -0.479. The highest BCUT2D eigenvalue weighted by atomic mass is 79.9. The quantitative estimate of drug-likeness (QED) is 0.682. The Labute approximate surface area is 117 Å². The minimum Gasteiger partial charge on any atom is -0.334 e. The molecule has 0 saturated carbocycles. The Bertz CT molecular complexity index is 612. The van der Waals surface area contributed by atoms with Crippen LogP contribution in [0, 0.1) is 10.1 Å². The first-order valence-electron chi connectivity index (χ1n) is 5.49. The summed E-state index contributed by atoms with van der Waals surface area (Å²) in [5.74, 6) is 0.715. The topological polar surface area (TPSA) is 108 Å². The monoisotopic (exact) mass is 326 g/mol. The number of nitro benzene ring substituents is 1. The molecule has 7 nitrogen and oxygen atoms in total. The molecule has 100 valence electrons. The zero-order valence-electron chi connectivity index (χ0n) is 10.0. The number of non-ortho nitro benzene ring substituents is 1. The third-order valence-corrected chi connectivity index (χ3v) is 2.77. The van der Waals surface area contributed by atoms with Crippen molar-refractivity contribution in [2.24, 2.45) is 5.73 Å². The summed E-state index contributed by atoms with van der Waals surface area (Å²) >= 11 is 3.21. The van der Waals surface area contributed by atoms with E-state index in [-0.39, 0.29) is 17.6 Å². The van der Waals surface area contributed by atoms with Crippen molar-refractivity contribution in [1.29, 1.82) is 0 Å². The van der Waals surface area contributed by atoms with Crippen molar-refractivity contribution in [1.82, 2.24) is 10.1 Å². The molecule has 1 heterocycles. The highest BCUT2D eigenvalue weighted by Gasteiger charge is 2.15. The largest absolute Gasteiger partial charge is 0.334 e. The van der Waals surface area contributed by atoms with Crippen molar-refractivity contribution in [3.63, 3.8) is 0 Å². The van der Waals surface area contributed by atoms with Crippen LogP contribution < -0.4 is 5.73 Å². The van der Waals surface area contributed by atoms with E-state index in [9.17, 15) is 10.1 Å². The first-order chi connectivity index (χ1) is 8.95. The van der Waals surface area contributed by atoms with Crippen LogP contribution in [-0.4, -0.2) is 21.1 Å². The van der Waals surface area contributed by atoms with Crippen LogP contribution in [0.15, 0.2) is 27.2 Å². The zero-order chi connectivity index (χ0) is 14.0. The van der Waals surface area contributed by atoms with Crippen molar-refractivity contribution in [2.75, 3.05) is 0 Å². The van der Waals surface area contributed by atoms with E-state index in [0.717, 1.165) is 0 Å². The van der Waals surface area contributed by atoms with E-state index < -0.39 is 4.92 Å². The van der Waals surface area contributed by atoms with Gasteiger partial charge >= 0.3 is 0 Å². The first-order valence-corrected chi connectivity index (χ1v) is 6.28. The highest BCUT2D eigenvalue weighted by Crippen LogP contribution is 2.27. The summed E-state index contributed by atoms with van der Waals surface area (Å²) in [7, 11) is 0. The molecule has 2 N–H and O–H groups in total. The molecule has 19 heavy (non-hydrogen) atoms. The normalized spacial score (nSPS) is 12.4. The van der Waals surface area contributed by atoms with Gasteiger partial charge in [0.2, 0.25) is 0 Å². The summed E-state index contributed by atoms with van der Waals surface area (Å²) in [5, 5.41) is 14.6. The number of hydrogen-bond acceptors (Lipinski definition) is 6. The molecule has 0 bridgehead atoms. The van der Waals surface area contributed by atoms with Gasteiger partial charge in [-0.25, -0.2) is 0 Å². The van der Waals surface area contributed by atoms with Gasteiger partial charge in [-0.2, -0.15) is 4.98 Å². The van der Waals surface area contributed by atoms with Crippen molar-refractivity contribution >= 4 is 21.6 Å². The zero-order valence-corrected chi connectivity index (χ0v) is 11.6. The van der Waals surface area contributed by atoms with Crippen LogP contribution in [0.5, 0.6) is 0 Å². The Morgan fingerprint density at radius 2 is 2.26 bits per heavy atom. The molecule has 0 fully saturated rings. The summed E-state index contributed by atoms with van der Waals surface area (Å²) in [6.45, 7) is 1.83. The van der Waals surface area contributed by atoms with Crippen LogP contribution in [0.4, 0.5) is 5.69 Å². The number of nitro groups is 1. The second-order valence-corrected chi connectivity index (χ2v) is 5.07. The maximum Gasteiger partial charge on any atom is 0.271 e. The fourth-order valence-corrected chi connectivity index (χ4v) is 2.03. The molecule has 1 aromatic carbocycles. The van der Waals surface area contributed by atoms with Crippen molar-refractivity contribution in [2.45, 2.75) is 19.4 Å². The Balaban J connectivity index is 2.36. The van der Waals surface area contributed by atoms with Gasteiger partial charge in [0.25, 0.3) is 11.6 Å². The molecule has 0 spiro atoms. The van der Waals surface area contributed by atoms with E-state index in [1.54, 1.807) is 6.07 Å². The second-order valence-electron chi connectivity index (χ2n) is 4.15. The van der Waals surface area contributed by atoms with Crippen molar-refractivity contribution in [3.05, 3.63) is 38.6 Å². The molecular weight excluding hydrogens is 316 g/mol. The fraction of sp³-hybridized carbons (Fsp3) is 0.273. The van der Waals surface area contributed by atoms with Gasteiger partial charge in [-0.3, -0.25) is 10.1 Å². The molecule has 0 amide bonds. The molecule has 8 heteroatoms. The molecule has 0 radical (unpaired) electrons. The molecule has 0 aliphatic heterocycles. The van der Waals surface area contributed by atoms with Crippen LogP contribution >= 0.6 is 15.9 Å². The lowest BCUT2D eigenvalue weighted by atomic mass is 10.2. The third-order valence-electron chi connectivity index (χ3n) is 2.31. The number of hydrogen-bond donors (Lipinski definition) is 1. The molecule has 1 atom stereocenters. The molecule has 1 aromatic heterocycles. The molecule has 0 aliphatic rings. The highest BCUT2D eigenvalue weighted by molar-refractivity contribution is 9.10. The van der Waals surface area contributed by atoms with Gasteiger partial charge in [0, 0.05) is 34.6 Å². The van der Waals surface area contributed by atoms with Crippen molar-refractivity contribution in [3.8, 4) is 11.5 Å². The number of aromatic nitrogens is 2. The third kappa shape index (κ3) is 3.36. The first kappa shape index (κ1) is 13.6. The molecule has 0 saturated heterocycles. The summed E-state index contributed by atoms with van der Waals surface area (Å²) in [6, 6.07) is 4.38. The van der Waals surface area contributed by atoms with Gasteiger partial charge < -0.3 is 10.3 Å². The van der Waals surface area contributed by atoms with Gasteiger partial charge in [-0.15, -0.1) is 0 Å². The van der Waals surface area contributed by atoms with Crippen LogP contribution in [0.25, 0.3) is 11.5 Å². The van der Waals surface area contributed by atoms with Gasteiger partial charge in [0.05, 0.1) is 4.92 Å². The van der Waals surface area contributed by atoms with E-state index in [1.807, 2.05) is 6.92 Å². The van der Waals surface area contributed by atoms with Crippen LogP contribution in [-0.2, 0) is 6.42 Å². The standard InChI is InChI=1S/C11H11BrN4O3/c1-6(13)2-10-14-11(19-15-10)7-3-8(12)5-9(4-7)16(17)18/h3-6H,2,13H2,1H3. The Morgan fingerprint density at radius 3 is 2.89 bits per heavy atom. The van der Waals surface area contributed by atoms with Crippen molar-refractivity contribution < 1.29 is 9.45 Å². The second kappa shape index (κ2) is 5.45. The predicted molar refractivity (Wildman–Crippen MR) is 71.4 cm³/mol. The fourth-order valence-electron chi connectivity index (χ4n) is 1.55. The lowest BCUT2D eigenvalue weighted by Crippen LogP contribution is -2.18. The molecule has 2 aromatic rings. The summed E-state index contributed by atoms with van der Waals surface area (Å²) < 4.78 is 5.65. The van der Waals surface area contributed by atoms with E-state index in [2.05, 4.69) is 26.1 Å². The van der Waals surface area contributed by atoms with Gasteiger partial charge in [0.15, 0.2) is 5.82 Å². The SMILES string of the molecule is CC(N)Cc1noc(-c2cc(Br)cc([N+](=O)[O-])c2)n1. The van der Waals surface area contributed by atoms with Gasteiger partial charge in [-0.1, -0.05) is 21.1 Å². The maximum absolute atomic E-state index is 10.8. The van der Waals surface area contributed by atoms with Gasteiger partial charge in [0.1, 0.15) is 0 Å². The number of benzene rings is 1. The van der Waals surface area contributed by atoms with E-state index in [0.29, 0.717) is 22.3 Å². The van der Waals surface area contributed by atoms with E-state index in [1.165, 1.54) is 12.1 Å². The molecular formula is C11H11BrN4O3. The minimum absolute atomic E-state index is 0.0451. The molecule has 0 aliphatic carbocycles. The summed E-state index contributed by atoms with van der Waals surface area (Å²) in [4.78, 5) is 14.5. The summed E-state index contributed by atoms with van der Waals surface area (Å²) in [6.07, 6.45) is 0.486. The summed E-state index contributed by atoms with van der Waals surface area (Å²) in [5.41, 5.74) is 6.09. The van der Waals surface area contributed by atoms with Crippen LogP contribution in [0.2, 0.25) is 0 Å². The lowest BCUT2D eigenvalue weighted by Gasteiger charge is -1.98. The average molecular weight is 327 g/mol. The lowest BCUT2D eigenvalue weighted by molar-refractivity contribution is -0.384. The van der Waals surface area contributed by atoms with Crippen LogP contribution in [0.3, 0.4) is 0 Å². The van der Waals surface area contributed by atoms with E-state index in [4.69, 9.17) is 10.3 Å². The molecule has 1 unspecified atom stereocenters. The molecule has 2 rings (SSSR count). The van der Waals surface area contributed by atoms with E-state index >= 15 is 0 Å². The Kier molecular flexibility index (Phi) is 3.91. The maximum atomic E-state index is 10.8. The number of nitrogens with two attached hydrogens (primary N) is 1. The van der Waals surface area contributed by atoms with Gasteiger partial charge in [-0.05, 0) is 13.0 Å². The Morgan fingerprint density at radius 1 is 1.53 bits per heavy atom. The van der Waals surface area contributed by atoms with Crippen LogP contribution in [0.1, 0.15) is 12.7 Å². The average Bonchev–Trinajstić information content (AvgIpc) is 2.75. The number of rotatable bonds is 4. The Hall–Kier alpha value is -1.80. The number of nitrogens with zero attached hydrogens (tertiary/aromatic N) is 3. The number of halogens is 1. The predicted octanol–water partition coefficient (Wildman–Crippen LogP) is 2.30.